The minimum atomic E-state index is -0.0765. The van der Waals surface area contributed by atoms with Crippen LogP contribution in [0.25, 0.3) is 10.9 Å². The van der Waals surface area contributed by atoms with Gasteiger partial charge in [-0.2, -0.15) is 0 Å². The predicted molar refractivity (Wildman–Crippen MR) is 80.9 cm³/mol. The zero-order valence-electron chi connectivity index (χ0n) is 11.0. The molecule has 0 aliphatic heterocycles. The number of fused-ring (bicyclic) bond motifs is 1. The van der Waals surface area contributed by atoms with Gasteiger partial charge < -0.3 is 5.32 Å². The molecule has 0 saturated heterocycles. The maximum Gasteiger partial charge on any atom is 0.230 e. The highest BCUT2D eigenvalue weighted by Gasteiger charge is 2.07. The summed E-state index contributed by atoms with van der Waals surface area (Å²) in [4.78, 5) is 20.6. The summed E-state index contributed by atoms with van der Waals surface area (Å²) in [5, 5.41) is 6.75. The summed E-state index contributed by atoms with van der Waals surface area (Å²) in [6.45, 7) is 1.93. The molecule has 3 rings (SSSR count). The van der Waals surface area contributed by atoms with Gasteiger partial charge in [0.05, 0.1) is 34.5 Å². The molecule has 0 radical (unpaired) electrons. The first-order chi connectivity index (χ1) is 9.70. The number of amides is 1. The third-order valence-corrected chi connectivity index (χ3v) is 3.70. The Bertz CT molecular complexity index is 766. The lowest BCUT2D eigenvalue weighted by Gasteiger charge is -2.05. The van der Waals surface area contributed by atoms with Gasteiger partial charge in [-0.1, -0.05) is 18.2 Å². The quantitative estimate of drug-likeness (QED) is 0.803. The fourth-order valence-corrected chi connectivity index (χ4v) is 2.61. The Hall–Kier alpha value is -2.27. The predicted octanol–water partition coefficient (Wildman–Crippen LogP) is 3.18. The van der Waals surface area contributed by atoms with E-state index in [2.05, 4.69) is 15.3 Å². The summed E-state index contributed by atoms with van der Waals surface area (Å²) in [6, 6.07) is 9.74. The maximum atomic E-state index is 12.0. The normalized spacial score (nSPS) is 10.7. The van der Waals surface area contributed by atoms with E-state index in [1.54, 1.807) is 17.5 Å². The van der Waals surface area contributed by atoms with Gasteiger partial charge in [-0.05, 0) is 19.1 Å². The van der Waals surface area contributed by atoms with Crippen molar-refractivity contribution in [2.24, 2.45) is 0 Å². The monoisotopic (exact) mass is 283 g/mol. The summed E-state index contributed by atoms with van der Waals surface area (Å²) < 4.78 is 0. The molecule has 0 saturated carbocycles. The van der Waals surface area contributed by atoms with Crippen LogP contribution in [-0.2, 0) is 11.2 Å². The van der Waals surface area contributed by atoms with E-state index in [4.69, 9.17) is 0 Å². The zero-order chi connectivity index (χ0) is 13.9. The van der Waals surface area contributed by atoms with Gasteiger partial charge >= 0.3 is 0 Å². The number of benzene rings is 1. The van der Waals surface area contributed by atoms with Gasteiger partial charge in [-0.15, -0.1) is 11.3 Å². The average Bonchev–Trinajstić information content (AvgIpc) is 2.83. The molecule has 100 valence electrons. The molecule has 4 nitrogen and oxygen atoms in total. The van der Waals surface area contributed by atoms with E-state index in [0.717, 1.165) is 21.6 Å². The molecule has 1 amide bonds. The second-order valence-electron chi connectivity index (χ2n) is 4.50. The van der Waals surface area contributed by atoms with Gasteiger partial charge in [0, 0.05) is 10.8 Å². The number of hydrogen-bond donors (Lipinski definition) is 1. The first-order valence-corrected chi connectivity index (χ1v) is 7.14. The number of hydrogen-bond acceptors (Lipinski definition) is 4. The summed E-state index contributed by atoms with van der Waals surface area (Å²) in [5.74, 6) is -0.0765. The molecule has 0 fully saturated rings. The largest absolute Gasteiger partial charge is 0.324 e. The summed E-state index contributed by atoms with van der Waals surface area (Å²) in [5.41, 5.74) is 2.43. The minimum Gasteiger partial charge on any atom is -0.324 e. The molecule has 2 heterocycles. The third-order valence-electron chi connectivity index (χ3n) is 2.88. The summed E-state index contributed by atoms with van der Waals surface area (Å²) in [7, 11) is 0. The first kappa shape index (κ1) is 12.7. The Kier molecular flexibility index (Phi) is 3.43. The molecule has 3 aromatic rings. The van der Waals surface area contributed by atoms with Gasteiger partial charge in [-0.25, -0.2) is 4.98 Å². The Labute approximate surface area is 120 Å². The molecule has 0 spiro atoms. The Morgan fingerprint density at radius 1 is 1.35 bits per heavy atom. The average molecular weight is 283 g/mol. The number of aromatic nitrogens is 2. The highest BCUT2D eigenvalue weighted by atomic mass is 32.1. The van der Waals surface area contributed by atoms with Crippen molar-refractivity contribution in [2.45, 2.75) is 13.3 Å². The van der Waals surface area contributed by atoms with E-state index >= 15 is 0 Å². The standard InChI is InChI=1S/C15H13N3OS/c1-10-17-13(9-20-10)7-15(19)18-12-6-11-4-2-3-5-14(11)16-8-12/h2-6,8-9H,7H2,1H3,(H,18,19). The Morgan fingerprint density at radius 3 is 3.00 bits per heavy atom. The number of thiazole rings is 1. The van der Waals surface area contributed by atoms with E-state index in [9.17, 15) is 4.79 Å². The van der Waals surface area contributed by atoms with Crippen LogP contribution in [0.15, 0.2) is 41.9 Å². The van der Waals surface area contributed by atoms with E-state index < -0.39 is 0 Å². The number of carbonyl (C=O) groups is 1. The van der Waals surface area contributed by atoms with Gasteiger partial charge in [0.25, 0.3) is 0 Å². The van der Waals surface area contributed by atoms with Crippen LogP contribution >= 0.6 is 11.3 Å². The molecule has 0 atom stereocenters. The van der Waals surface area contributed by atoms with Crippen LogP contribution in [0.4, 0.5) is 5.69 Å². The Morgan fingerprint density at radius 2 is 2.20 bits per heavy atom. The van der Waals surface area contributed by atoms with Gasteiger partial charge in [-0.3, -0.25) is 9.78 Å². The number of nitrogens with one attached hydrogen (secondary N) is 1. The van der Waals surface area contributed by atoms with Crippen molar-refractivity contribution in [3.8, 4) is 0 Å². The molecule has 20 heavy (non-hydrogen) atoms. The number of aryl methyl sites for hydroxylation is 1. The highest BCUT2D eigenvalue weighted by molar-refractivity contribution is 7.09. The van der Waals surface area contributed by atoms with E-state index in [0.29, 0.717) is 5.69 Å². The van der Waals surface area contributed by atoms with Crippen molar-refractivity contribution < 1.29 is 4.79 Å². The molecule has 2 aromatic heterocycles. The fourth-order valence-electron chi connectivity index (χ4n) is 2.00. The summed E-state index contributed by atoms with van der Waals surface area (Å²) >= 11 is 1.55. The number of pyridine rings is 1. The van der Waals surface area contributed by atoms with Crippen molar-refractivity contribution in [3.63, 3.8) is 0 Å². The maximum absolute atomic E-state index is 12.0. The lowest BCUT2D eigenvalue weighted by molar-refractivity contribution is -0.115. The van der Waals surface area contributed by atoms with Gasteiger partial charge in [0.1, 0.15) is 0 Å². The van der Waals surface area contributed by atoms with Crippen molar-refractivity contribution in [2.75, 3.05) is 5.32 Å². The minimum absolute atomic E-state index is 0.0765. The molecule has 1 aromatic carbocycles. The van der Waals surface area contributed by atoms with Crippen LogP contribution in [-0.4, -0.2) is 15.9 Å². The second kappa shape index (κ2) is 5.38. The first-order valence-electron chi connectivity index (χ1n) is 6.26. The topological polar surface area (TPSA) is 54.9 Å². The van der Waals surface area contributed by atoms with Crippen LogP contribution in [0, 0.1) is 6.92 Å². The van der Waals surface area contributed by atoms with Crippen molar-refractivity contribution >= 4 is 33.8 Å². The fraction of sp³-hybridized carbons (Fsp3) is 0.133. The molecular weight excluding hydrogens is 270 g/mol. The SMILES string of the molecule is Cc1nc(CC(=O)Nc2cnc3ccccc3c2)cs1. The third kappa shape index (κ3) is 2.83. The number of rotatable bonds is 3. The second-order valence-corrected chi connectivity index (χ2v) is 5.56. The van der Waals surface area contributed by atoms with Crippen LogP contribution in [0.5, 0.6) is 0 Å². The van der Waals surface area contributed by atoms with Crippen molar-refractivity contribution in [3.05, 3.63) is 52.6 Å². The smallest absolute Gasteiger partial charge is 0.230 e. The lowest BCUT2D eigenvalue weighted by Crippen LogP contribution is -2.14. The van der Waals surface area contributed by atoms with Crippen molar-refractivity contribution in [1.82, 2.24) is 9.97 Å². The molecule has 0 bridgehead atoms. The lowest BCUT2D eigenvalue weighted by atomic mass is 10.2. The zero-order valence-corrected chi connectivity index (χ0v) is 11.8. The van der Waals surface area contributed by atoms with Gasteiger partial charge in [0.2, 0.25) is 5.91 Å². The number of para-hydroxylation sites is 1. The van der Waals surface area contributed by atoms with E-state index in [1.165, 1.54) is 0 Å². The number of carbonyl (C=O) groups excluding carboxylic acids is 1. The van der Waals surface area contributed by atoms with Crippen LogP contribution in [0.1, 0.15) is 10.7 Å². The molecule has 0 aliphatic carbocycles. The van der Waals surface area contributed by atoms with E-state index in [-0.39, 0.29) is 12.3 Å². The molecular formula is C15H13N3OS. The molecule has 1 N–H and O–H groups in total. The summed E-state index contributed by atoms with van der Waals surface area (Å²) in [6.07, 6.45) is 1.96. The van der Waals surface area contributed by atoms with Crippen LogP contribution in [0.2, 0.25) is 0 Å². The molecule has 0 unspecified atom stereocenters. The number of nitrogens with zero attached hydrogens (tertiary/aromatic N) is 2. The highest BCUT2D eigenvalue weighted by Crippen LogP contribution is 2.16. The van der Waals surface area contributed by atoms with Gasteiger partial charge in [0.15, 0.2) is 0 Å². The molecule has 0 aliphatic rings. The van der Waals surface area contributed by atoms with Crippen LogP contribution in [0.3, 0.4) is 0 Å². The molecule has 5 heteroatoms. The number of anilines is 1. The van der Waals surface area contributed by atoms with Crippen molar-refractivity contribution in [1.29, 1.82) is 0 Å². The van der Waals surface area contributed by atoms with Crippen LogP contribution < -0.4 is 5.32 Å². The van der Waals surface area contributed by atoms with E-state index in [1.807, 2.05) is 42.6 Å². The Balaban J connectivity index is 1.73.